The summed E-state index contributed by atoms with van der Waals surface area (Å²) in [5.41, 5.74) is 0.138. The van der Waals surface area contributed by atoms with Crippen molar-refractivity contribution in [3.05, 3.63) is 63.3 Å². The molecule has 0 aromatic heterocycles. The number of amides is 1. The molecule has 2 N–H and O–H groups in total. The van der Waals surface area contributed by atoms with Gasteiger partial charge in [0, 0.05) is 28.1 Å². The van der Waals surface area contributed by atoms with Gasteiger partial charge in [-0.25, -0.2) is 17.5 Å². The van der Waals surface area contributed by atoms with Gasteiger partial charge in [-0.15, -0.1) is 0 Å². The fourth-order valence-corrected chi connectivity index (χ4v) is 3.66. The smallest absolute Gasteiger partial charge is 0.251 e. The van der Waals surface area contributed by atoms with Crippen LogP contribution >= 0.6 is 27.5 Å². The third-order valence-electron chi connectivity index (χ3n) is 2.93. The minimum Gasteiger partial charge on any atom is -0.351 e. The molecule has 0 aliphatic carbocycles. The number of nitrogens with one attached hydrogen (secondary N) is 2. The Morgan fingerprint density at radius 1 is 1.17 bits per heavy atom. The Balaban J connectivity index is 1.89. The Morgan fingerprint density at radius 3 is 2.58 bits per heavy atom. The SMILES string of the molecule is O=C(NCCNS(=O)(=O)c1cccc(Cl)c1)c1cc(F)cc(Br)c1. The summed E-state index contributed by atoms with van der Waals surface area (Å²) in [6, 6.07) is 9.63. The lowest BCUT2D eigenvalue weighted by Gasteiger charge is -2.09. The van der Waals surface area contributed by atoms with Gasteiger partial charge in [0.1, 0.15) is 5.82 Å². The highest BCUT2D eigenvalue weighted by Gasteiger charge is 2.14. The van der Waals surface area contributed by atoms with E-state index in [9.17, 15) is 17.6 Å². The maximum Gasteiger partial charge on any atom is 0.251 e. The molecular weight excluding hydrogens is 423 g/mol. The topological polar surface area (TPSA) is 75.3 Å². The van der Waals surface area contributed by atoms with Gasteiger partial charge < -0.3 is 5.32 Å². The second-order valence-corrected chi connectivity index (χ2v) is 7.89. The van der Waals surface area contributed by atoms with Crippen LogP contribution < -0.4 is 10.0 Å². The molecule has 1 amide bonds. The van der Waals surface area contributed by atoms with Gasteiger partial charge in [0.2, 0.25) is 10.0 Å². The Morgan fingerprint density at radius 2 is 1.92 bits per heavy atom. The molecular formula is C15H13BrClFN2O3S. The summed E-state index contributed by atoms with van der Waals surface area (Å²) < 4.78 is 40.1. The first-order chi connectivity index (χ1) is 11.3. The molecule has 0 fully saturated rings. The Kier molecular flexibility index (Phi) is 6.34. The van der Waals surface area contributed by atoms with Crippen molar-refractivity contribution < 1.29 is 17.6 Å². The lowest BCUT2D eigenvalue weighted by molar-refractivity contribution is 0.0954. The zero-order valence-corrected chi connectivity index (χ0v) is 15.4. The number of halogens is 3. The molecule has 0 saturated heterocycles. The van der Waals surface area contributed by atoms with Crippen LogP contribution in [0, 0.1) is 5.82 Å². The molecule has 2 rings (SSSR count). The predicted molar refractivity (Wildman–Crippen MR) is 93.1 cm³/mol. The normalized spacial score (nSPS) is 11.3. The second kappa shape index (κ2) is 8.06. The minimum atomic E-state index is -3.71. The summed E-state index contributed by atoms with van der Waals surface area (Å²) >= 11 is 8.86. The highest BCUT2D eigenvalue weighted by molar-refractivity contribution is 9.10. The summed E-state index contributed by atoms with van der Waals surface area (Å²) in [6.07, 6.45) is 0. The molecule has 0 bridgehead atoms. The lowest BCUT2D eigenvalue weighted by Crippen LogP contribution is -2.34. The van der Waals surface area contributed by atoms with Crippen molar-refractivity contribution in [3.63, 3.8) is 0 Å². The van der Waals surface area contributed by atoms with Gasteiger partial charge in [-0.1, -0.05) is 33.6 Å². The van der Waals surface area contributed by atoms with Crippen LogP contribution in [0.3, 0.4) is 0 Å². The van der Waals surface area contributed by atoms with Gasteiger partial charge in [0.15, 0.2) is 0 Å². The number of hydrogen-bond donors (Lipinski definition) is 2. The molecule has 0 atom stereocenters. The first kappa shape index (κ1) is 18.9. The van der Waals surface area contributed by atoms with Gasteiger partial charge in [-0.2, -0.15) is 0 Å². The van der Waals surface area contributed by atoms with E-state index in [0.717, 1.165) is 6.07 Å². The van der Waals surface area contributed by atoms with Crippen molar-refractivity contribution in [2.75, 3.05) is 13.1 Å². The zero-order valence-electron chi connectivity index (χ0n) is 12.2. The molecule has 128 valence electrons. The van der Waals surface area contributed by atoms with E-state index in [-0.39, 0.29) is 23.5 Å². The molecule has 0 unspecified atom stereocenters. The van der Waals surface area contributed by atoms with E-state index in [2.05, 4.69) is 26.0 Å². The van der Waals surface area contributed by atoms with Crippen LogP contribution in [0.15, 0.2) is 51.8 Å². The predicted octanol–water partition coefficient (Wildman–Crippen LogP) is 2.95. The standard InChI is InChI=1S/C15H13BrClFN2O3S/c16-11-6-10(7-13(18)8-11)15(21)19-4-5-20-24(22,23)14-3-1-2-12(17)9-14/h1-3,6-9,20H,4-5H2,(H,19,21). The van der Waals surface area contributed by atoms with E-state index in [0.29, 0.717) is 9.50 Å². The number of benzene rings is 2. The van der Waals surface area contributed by atoms with Crippen LogP contribution in [0.1, 0.15) is 10.4 Å². The van der Waals surface area contributed by atoms with E-state index in [1.165, 1.54) is 30.3 Å². The molecule has 0 aliphatic rings. The monoisotopic (exact) mass is 434 g/mol. The van der Waals surface area contributed by atoms with Crippen LogP contribution in [0.5, 0.6) is 0 Å². The molecule has 5 nitrogen and oxygen atoms in total. The minimum absolute atomic E-state index is 0.0168. The van der Waals surface area contributed by atoms with E-state index in [1.807, 2.05) is 0 Å². The fourth-order valence-electron chi connectivity index (χ4n) is 1.87. The third-order valence-corrected chi connectivity index (χ3v) is 5.09. The average molecular weight is 436 g/mol. The van der Waals surface area contributed by atoms with Crippen LogP contribution in [0.25, 0.3) is 0 Å². The highest BCUT2D eigenvalue weighted by atomic mass is 79.9. The molecule has 0 radical (unpaired) electrons. The van der Waals surface area contributed by atoms with E-state index < -0.39 is 21.7 Å². The first-order valence-electron chi connectivity index (χ1n) is 6.77. The van der Waals surface area contributed by atoms with Gasteiger partial charge in [0.05, 0.1) is 4.90 Å². The van der Waals surface area contributed by atoms with Gasteiger partial charge in [0.25, 0.3) is 5.91 Å². The number of carbonyl (C=O) groups excluding carboxylic acids is 1. The van der Waals surface area contributed by atoms with Crippen molar-refractivity contribution in [1.29, 1.82) is 0 Å². The van der Waals surface area contributed by atoms with E-state index in [4.69, 9.17) is 11.6 Å². The number of carbonyl (C=O) groups is 1. The zero-order chi connectivity index (χ0) is 17.7. The average Bonchev–Trinajstić information content (AvgIpc) is 2.50. The molecule has 0 heterocycles. The van der Waals surface area contributed by atoms with Crippen LogP contribution in [-0.4, -0.2) is 27.4 Å². The second-order valence-electron chi connectivity index (χ2n) is 4.77. The van der Waals surface area contributed by atoms with Gasteiger partial charge in [-0.05, 0) is 36.4 Å². The van der Waals surface area contributed by atoms with Crippen molar-refractivity contribution in [2.24, 2.45) is 0 Å². The highest BCUT2D eigenvalue weighted by Crippen LogP contribution is 2.15. The molecule has 0 aliphatic heterocycles. The van der Waals surface area contributed by atoms with Crippen LogP contribution in [-0.2, 0) is 10.0 Å². The van der Waals surface area contributed by atoms with Gasteiger partial charge >= 0.3 is 0 Å². The van der Waals surface area contributed by atoms with Crippen LogP contribution in [0.2, 0.25) is 5.02 Å². The van der Waals surface area contributed by atoms with Crippen molar-refractivity contribution >= 4 is 43.5 Å². The Hall–Kier alpha value is -1.48. The summed E-state index contributed by atoms with van der Waals surface area (Å²) in [5, 5.41) is 2.82. The third kappa shape index (κ3) is 5.27. The number of rotatable bonds is 6. The molecule has 2 aromatic carbocycles. The first-order valence-corrected chi connectivity index (χ1v) is 9.43. The van der Waals surface area contributed by atoms with Gasteiger partial charge in [-0.3, -0.25) is 4.79 Å². The molecule has 9 heteroatoms. The fraction of sp³-hybridized carbons (Fsp3) is 0.133. The molecule has 24 heavy (non-hydrogen) atoms. The molecule has 0 spiro atoms. The van der Waals surface area contributed by atoms with Crippen molar-refractivity contribution in [3.8, 4) is 0 Å². The molecule has 0 saturated carbocycles. The number of hydrogen-bond acceptors (Lipinski definition) is 3. The Labute approximate surface area is 152 Å². The molecule has 2 aromatic rings. The van der Waals surface area contributed by atoms with Crippen molar-refractivity contribution in [1.82, 2.24) is 10.0 Å². The van der Waals surface area contributed by atoms with Crippen LogP contribution in [0.4, 0.5) is 4.39 Å². The summed E-state index contributed by atoms with van der Waals surface area (Å²) in [7, 11) is -3.71. The number of sulfonamides is 1. The summed E-state index contributed by atoms with van der Waals surface area (Å²) in [5.74, 6) is -1.05. The maximum absolute atomic E-state index is 13.2. The van der Waals surface area contributed by atoms with E-state index >= 15 is 0 Å². The largest absolute Gasteiger partial charge is 0.351 e. The Bertz CT molecular complexity index is 841. The summed E-state index contributed by atoms with van der Waals surface area (Å²) in [6.45, 7) is 0.0316. The summed E-state index contributed by atoms with van der Waals surface area (Å²) in [4.78, 5) is 11.9. The van der Waals surface area contributed by atoms with E-state index in [1.54, 1.807) is 6.07 Å². The maximum atomic E-state index is 13.2. The van der Waals surface area contributed by atoms with Crippen molar-refractivity contribution in [2.45, 2.75) is 4.90 Å². The quantitative estimate of drug-likeness (QED) is 0.685. The lowest BCUT2D eigenvalue weighted by atomic mass is 10.2.